The standard InChI is InChI=1S/C10H9N2.Y/c1-11-8-7-9-3-5-10(12-2)6-4-9;/h3-7,12H,2H3;/q-1;. The summed E-state index contributed by atoms with van der Waals surface area (Å²) in [4.78, 5) is 3.00. The zero-order chi connectivity index (χ0) is 8.81. The van der Waals surface area contributed by atoms with Gasteiger partial charge in [0.25, 0.3) is 0 Å². The van der Waals surface area contributed by atoms with E-state index in [0.717, 1.165) is 11.3 Å². The molecule has 1 rings (SSSR count). The molecule has 1 aromatic carbocycles. The van der Waals surface area contributed by atoms with Gasteiger partial charge in [-0.05, 0) is 12.1 Å². The van der Waals surface area contributed by atoms with Crippen LogP contribution in [0, 0.1) is 12.8 Å². The third kappa shape index (κ3) is 4.21. The maximum absolute atomic E-state index is 6.50. The molecule has 0 aliphatic rings. The Bertz CT molecular complexity index is 309. The Morgan fingerprint density at radius 1 is 1.38 bits per heavy atom. The average molecular weight is 246 g/mol. The zero-order valence-corrected chi connectivity index (χ0v) is 10.2. The normalized spacial score (nSPS) is 8.92. The summed E-state index contributed by atoms with van der Waals surface area (Å²) in [7, 11) is 1.87. The second kappa shape index (κ2) is 6.83. The maximum atomic E-state index is 6.50. The summed E-state index contributed by atoms with van der Waals surface area (Å²) in [6, 6.07) is 7.78. The predicted molar refractivity (Wildman–Crippen MR) is 50.3 cm³/mol. The first kappa shape index (κ1) is 12.4. The van der Waals surface area contributed by atoms with E-state index < -0.39 is 0 Å². The van der Waals surface area contributed by atoms with E-state index in [9.17, 15) is 0 Å². The van der Waals surface area contributed by atoms with Crippen molar-refractivity contribution >= 4 is 11.8 Å². The van der Waals surface area contributed by atoms with Crippen molar-refractivity contribution < 1.29 is 32.7 Å². The van der Waals surface area contributed by atoms with E-state index in [1.165, 1.54) is 0 Å². The van der Waals surface area contributed by atoms with Crippen molar-refractivity contribution in [2.75, 3.05) is 12.4 Å². The van der Waals surface area contributed by atoms with Crippen LogP contribution < -0.4 is 5.32 Å². The minimum atomic E-state index is 0. The van der Waals surface area contributed by atoms with Crippen molar-refractivity contribution in [3.63, 3.8) is 0 Å². The molecule has 2 nitrogen and oxygen atoms in total. The fourth-order valence-electron chi connectivity index (χ4n) is 0.853. The molecule has 0 bridgehead atoms. The molecule has 0 amide bonds. The van der Waals surface area contributed by atoms with Gasteiger partial charge in [0.1, 0.15) is 0 Å². The van der Waals surface area contributed by atoms with E-state index in [-0.39, 0.29) is 32.7 Å². The SMILES string of the molecule is [C-]#[N+][C-]=Cc1ccc(NC)cc1.[Y]. The number of rotatable bonds is 2. The number of hydrogen-bond acceptors (Lipinski definition) is 1. The number of anilines is 1. The molecule has 0 spiro atoms. The van der Waals surface area contributed by atoms with Crippen LogP contribution in [0.1, 0.15) is 5.56 Å². The molecule has 63 valence electrons. The molecule has 0 atom stereocenters. The Morgan fingerprint density at radius 2 is 2.00 bits per heavy atom. The molecular formula is C10H9N2Y-. The van der Waals surface area contributed by atoms with Gasteiger partial charge in [0, 0.05) is 45.4 Å². The molecule has 1 N–H and O–H groups in total. The Hall–Kier alpha value is -0.646. The van der Waals surface area contributed by atoms with E-state index >= 15 is 0 Å². The molecule has 3 heteroatoms. The van der Waals surface area contributed by atoms with Gasteiger partial charge >= 0.3 is 0 Å². The van der Waals surface area contributed by atoms with Gasteiger partial charge in [-0.2, -0.15) is 6.08 Å². The van der Waals surface area contributed by atoms with Crippen LogP contribution in [0.3, 0.4) is 0 Å². The van der Waals surface area contributed by atoms with Gasteiger partial charge in [0.05, 0.1) is 0 Å². The molecule has 0 aliphatic heterocycles. The molecule has 0 saturated carbocycles. The zero-order valence-electron chi connectivity index (χ0n) is 7.41. The van der Waals surface area contributed by atoms with Crippen molar-refractivity contribution in [1.29, 1.82) is 0 Å². The molecule has 0 fully saturated rings. The quantitative estimate of drug-likeness (QED) is 0.792. The molecule has 1 aromatic rings. The number of hydrogen-bond donors (Lipinski definition) is 1. The summed E-state index contributed by atoms with van der Waals surface area (Å²) in [6.07, 6.45) is 4.11. The van der Waals surface area contributed by atoms with Crippen molar-refractivity contribution in [2.45, 2.75) is 0 Å². The van der Waals surface area contributed by atoms with E-state index in [2.05, 4.69) is 16.4 Å². The number of nitrogens with zero attached hydrogens (tertiary/aromatic N) is 1. The monoisotopic (exact) mass is 246 g/mol. The third-order valence-electron chi connectivity index (χ3n) is 1.50. The molecule has 13 heavy (non-hydrogen) atoms. The van der Waals surface area contributed by atoms with Crippen LogP contribution in [0.2, 0.25) is 0 Å². The first-order valence-corrected chi connectivity index (χ1v) is 3.60. The molecule has 0 aromatic heterocycles. The topological polar surface area (TPSA) is 16.4 Å². The van der Waals surface area contributed by atoms with Crippen molar-refractivity contribution in [2.24, 2.45) is 0 Å². The summed E-state index contributed by atoms with van der Waals surface area (Å²) in [5, 5.41) is 3.02. The Labute approximate surface area is 104 Å². The van der Waals surface area contributed by atoms with Crippen LogP contribution in [0.15, 0.2) is 24.3 Å². The van der Waals surface area contributed by atoms with E-state index in [0.29, 0.717) is 0 Å². The largest absolute Gasteiger partial charge is 0.478 e. The van der Waals surface area contributed by atoms with Crippen molar-refractivity contribution in [3.8, 4) is 0 Å². The van der Waals surface area contributed by atoms with Gasteiger partial charge in [0.2, 0.25) is 0 Å². The van der Waals surface area contributed by atoms with E-state index in [4.69, 9.17) is 6.57 Å². The Balaban J connectivity index is 0.00000144. The maximum Gasteiger partial charge on any atom is 0.0337 e. The van der Waals surface area contributed by atoms with Crippen LogP contribution in [0.5, 0.6) is 0 Å². The minimum Gasteiger partial charge on any atom is -0.478 e. The molecule has 1 radical (unpaired) electrons. The Morgan fingerprint density at radius 3 is 2.46 bits per heavy atom. The van der Waals surface area contributed by atoms with Crippen LogP contribution in [0.25, 0.3) is 10.9 Å². The average Bonchev–Trinajstić information content (AvgIpc) is 2.15. The van der Waals surface area contributed by atoms with Crippen molar-refractivity contribution in [1.82, 2.24) is 0 Å². The summed E-state index contributed by atoms with van der Waals surface area (Å²) >= 11 is 0. The van der Waals surface area contributed by atoms with Gasteiger partial charge in [-0.15, -0.1) is 0 Å². The van der Waals surface area contributed by atoms with Crippen molar-refractivity contribution in [3.05, 3.63) is 47.4 Å². The fraction of sp³-hybridized carbons (Fsp3) is 0.100. The van der Waals surface area contributed by atoms with Gasteiger partial charge in [0.15, 0.2) is 0 Å². The summed E-state index contributed by atoms with van der Waals surface area (Å²) in [5.74, 6) is 0. The van der Waals surface area contributed by atoms with E-state index in [1.54, 1.807) is 6.08 Å². The predicted octanol–water partition coefficient (Wildman–Crippen LogP) is 2.42. The number of nitrogens with one attached hydrogen (secondary N) is 1. The van der Waals surface area contributed by atoms with Crippen LogP contribution in [-0.2, 0) is 32.7 Å². The molecule has 0 heterocycles. The van der Waals surface area contributed by atoms with Crippen LogP contribution in [-0.4, -0.2) is 7.05 Å². The molecular weight excluding hydrogens is 237 g/mol. The van der Waals surface area contributed by atoms with Gasteiger partial charge in [-0.25, -0.2) is 0 Å². The second-order valence-corrected chi connectivity index (χ2v) is 2.26. The first-order chi connectivity index (χ1) is 5.86. The van der Waals surface area contributed by atoms with E-state index in [1.807, 2.05) is 31.3 Å². The second-order valence-electron chi connectivity index (χ2n) is 2.26. The van der Waals surface area contributed by atoms with Gasteiger partial charge < -0.3 is 10.2 Å². The first-order valence-electron chi connectivity index (χ1n) is 3.60. The minimum absolute atomic E-state index is 0. The molecule has 0 saturated heterocycles. The Kier molecular flexibility index (Phi) is 6.49. The fourth-order valence-corrected chi connectivity index (χ4v) is 0.853. The third-order valence-corrected chi connectivity index (χ3v) is 1.50. The summed E-state index contributed by atoms with van der Waals surface area (Å²) < 4.78 is 0. The smallest absolute Gasteiger partial charge is 0.0337 e. The number of benzene rings is 1. The summed E-state index contributed by atoms with van der Waals surface area (Å²) in [5.41, 5.74) is 2.06. The summed E-state index contributed by atoms with van der Waals surface area (Å²) in [6.45, 7) is 6.50. The molecule has 0 unspecified atom stereocenters. The molecule has 0 aliphatic carbocycles. The van der Waals surface area contributed by atoms with Crippen LogP contribution >= 0.6 is 0 Å². The van der Waals surface area contributed by atoms with Gasteiger partial charge in [-0.3, -0.25) is 6.57 Å². The van der Waals surface area contributed by atoms with Crippen LogP contribution in [0.4, 0.5) is 5.69 Å². The van der Waals surface area contributed by atoms with Gasteiger partial charge in [-0.1, -0.05) is 23.9 Å².